The molecule has 0 unspecified atom stereocenters. The van der Waals surface area contributed by atoms with E-state index < -0.39 is 0 Å². The Morgan fingerprint density at radius 3 is 2.29 bits per heavy atom. The van der Waals surface area contributed by atoms with Crippen LogP contribution in [0.25, 0.3) is 0 Å². The predicted molar refractivity (Wildman–Crippen MR) is 87.1 cm³/mol. The molecule has 2 aromatic carbocycles. The smallest absolute Gasteiger partial charge is 0.127 e. The molecular formula is C19H24O2. The SMILES string of the molecule is CC(C)(C)c1ccc(Oc2cccc(CCCO)c2)cc1. The van der Waals surface area contributed by atoms with Gasteiger partial charge in [0, 0.05) is 6.61 Å². The molecule has 0 aliphatic carbocycles. The summed E-state index contributed by atoms with van der Waals surface area (Å²) < 4.78 is 5.90. The van der Waals surface area contributed by atoms with Crippen molar-refractivity contribution in [2.24, 2.45) is 0 Å². The Bertz CT molecular complexity index is 565. The zero-order valence-corrected chi connectivity index (χ0v) is 13.1. The quantitative estimate of drug-likeness (QED) is 0.862. The maximum absolute atomic E-state index is 8.89. The lowest BCUT2D eigenvalue weighted by molar-refractivity contribution is 0.288. The highest BCUT2D eigenvalue weighted by Gasteiger charge is 2.13. The van der Waals surface area contributed by atoms with Gasteiger partial charge >= 0.3 is 0 Å². The highest BCUT2D eigenvalue weighted by Crippen LogP contribution is 2.27. The van der Waals surface area contributed by atoms with Crippen molar-refractivity contribution in [1.82, 2.24) is 0 Å². The molecule has 0 fully saturated rings. The van der Waals surface area contributed by atoms with E-state index in [1.807, 2.05) is 30.3 Å². The Morgan fingerprint density at radius 1 is 0.952 bits per heavy atom. The predicted octanol–water partition coefficient (Wildman–Crippen LogP) is 4.70. The summed E-state index contributed by atoms with van der Waals surface area (Å²) in [6, 6.07) is 16.3. The molecule has 0 aliphatic rings. The van der Waals surface area contributed by atoms with Gasteiger partial charge in [0.25, 0.3) is 0 Å². The van der Waals surface area contributed by atoms with Crippen LogP contribution >= 0.6 is 0 Å². The fourth-order valence-electron chi connectivity index (χ4n) is 2.21. The Kier molecular flexibility index (Phi) is 5.03. The largest absolute Gasteiger partial charge is 0.457 e. The third kappa shape index (κ3) is 4.61. The Morgan fingerprint density at radius 2 is 1.67 bits per heavy atom. The number of hydrogen-bond donors (Lipinski definition) is 1. The Balaban J connectivity index is 2.07. The van der Waals surface area contributed by atoms with E-state index in [0.29, 0.717) is 0 Å². The lowest BCUT2D eigenvalue weighted by Crippen LogP contribution is -2.10. The number of aliphatic hydroxyl groups excluding tert-OH is 1. The van der Waals surface area contributed by atoms with Crippen LogP contribution in [-0.4, -0.2) is 11.7 Å². The van der Waals surface area contributed by atoms with Crippen LogP contribution in [0.5, 0.6) is 11.5 Å². The van der Waals surface area contributed by atoms with Gasteiger partial charge in [-0.2, -0.15) is 0 Å². The number of hydrogen-bond acceptors (Lipinski definition) is 2. The van der Waals surface area contributed by atoms with Crippen LogP contribution in [-0.2, 0) is 11.8 Å². The summed E-state index contributed by atoms with van der Waals surface area (Å²) in [6.07, 6.45) is 1.65. The standard InChI is InChI=1S/C19H24O2/c1-19(2,3)16-9-11-17(12-10-16)21-18-8-4-6-15(14-18)7-5-13-20/h4,6,8-12,14,20H,5,7,13H2,1-3H3. The zero-order chi connectivity index (χ0) is 15.3. The van der Waals surface area contributed by atoms with E-state index in [2.05, 4.69) is 39.0 Å². The summed E-state index contributed by atoms with van der Waals surface area (Å²) in [5.74, 6) is 1.69. The molecule has 0 aromatic heterocycles. The van der Waals surface area contributed by atoms with Crippen molar-refractivity contribution in [2.45, 2.75) is 39.0 Å². The van der Waals surface area contributed by atoms with Gasteiger partial charge in [-0.1, -0.05) is 45.0 Å². The van der Waals surface area contributed by atoms with Crippen molar-refractivity contribution in [3.8, 4) is 11.5 Å². The summed E-state index contributed by atoms with van der Waals surface area (Å²) in [5, 5.41) is 8.89. The molecule has 112 valence electrons. The molecule has 2 rings (SSSR count). The van der Waals surface area contributed by atoms with Gasteiger partial charge in [-0.25, -0.2) is 0 Å². The Hall–Kier alpha value is -1.80. The summed E-state index contributed by atoms with van der Waals surface area (Å²) in [7, 11) is 0. The van der Waals surface area contributed by atoms with Crippen molar-refractivity contribution in [2.75, 3.05) is 6.61 Å². The highest BCUT2D eigenvalue weighted by molar-refractivity contribution is 5.36. The van der Waals surface area contributed by atoms with Gasteiger partial charge in [0.1, 0.15) is 11.5 Å². The van der Waals surface area contributed by atoms with Crippen LogP contribution in [0.15, 0.2) is 48.5 Å². The summed E-state index contributed by atoms with van der Waals surface area (Å²) in [6.45, 7) is 6.83. The summed E-state index contributed by atoms with van der Waals surface area (Å²) in [5.41, 5.74) is 2.64. The van der Waals surface area contributed by atoms with E-state index in [4.69, 9.17) is 9.84 Å². The second kappa shape index (κ2) is 6.77. The normalized spacial score (nSPS) is 11.4. The molecule has 0 bridgehead atoms. The minimum absolute atomic E-state index is 0.155. The van der Waals surface area contributed by atoms with E-state index in [-0.39, 0.29) is 12.0 Å². The molecule has 2 aromatic rings. The van der Waals surface area contributed by atoms with Crippen molar-refractivity contribution in [3.05, 3.63) is 59.7 Å². The maximum atomic E-state index is 8.89. The van der Waals surface area contributed by atoms with E-state index in [9.17, 15) is 0 Å². The average Bonchev–Trinajstić information content (AvgIpc) is 2.45. The molecule has 2 nitrogen and oxygen atoms in total. The molecule has 0 amide bonds. The van der Waals surface area contributed by atoms with Crippen LogP contribution in [0, 0.1) is 0 Å². The minimum Gasteiger partial charge on any atom is -0.457 e. The molecule has 0 heterocycles. The van der Waals surface area contributed by atoms with Gasteiger partial charge in [0.2, 0.25) is 0 Å². The van der Waals surface area contributed by atoms with E-state index in [1.54, 1.807) is 0 Å². The monoisotopic (exact) mass is 284 g/mol. The lowest BCUT2D eigenvalue weighted by atomic mass is 9.87. The summed E-state index contributed by atoms with van der Waals surface area (Å²) in [4.78, 5) is 0. The van der Waals surface area contributed by atoms with E-state index >= 15 is 0 Å². The number of rotatable bonds is 5. The first-order valence-electron chi connectivity index (χ1n) is 7.47. The van der Waals surface area contributed by atoms with Gasteiger partial charge in [-0.3, -0.25) is 0 Å². The molecule has 2 heteroatoms. The van der Waals surface area contributed by atoms with Crippen molar-refractivity contribution in [1.29, 1.82) is 0 Å². The van der Waals surface area contributed by atoms with Gasteiger partial charge in [0.15, 0.2) is 0 Å². The van der Waals surface area contributed by atoms with Crippen molar-refractivity contribution >= 4 is 0 Å². The maximum Gasteiger partial charge on any atom is 0.127 e. The van der Waals surface area contributed by atoms with Gasteiger partial charge < -0.3 is 9.84 Å². The summed E-state index contributed by atoms with van der Waals surface area (Å²) >= 11 is 0. The van der Waals surface area contributed by atoms with Gasteiger partial charge in [-0.05, 0) is 53.6 Å². The first-order valence-corrected chi connectivity index (χ1v) is 7.47. The second-order valence-corrected chi connectivity index (χ2v) is 6.35. The van der Waals surface area contributed by atoms with Crippen LogP contribution in [0.4, 0.5) is 0 Å². The van der Waals surface area contributed by atoms with Crippen LogP contribution in [0.3, 0.4) is 0 Å². The second-order valence-electron chi connectivity index (χ2n) is 6.35. The minimum atomic E-state index is 0.155. The zero-order valence-electron chi connectivity index (χ0n) is 13.1. The van der Waals surface area contributed by atoms with Gasteiger partial charge in [0.05, 0.1) is 0 Å². The third-order valence-corrected chi connectivity index (χ3v) is 3.48. The number of benzene rings is 2. The highest BCUT2D eigenvalue weighted by atomic mass is 16.5. The number of ether oxygens (including phenoxy) is 1. The first-order chi connectivity index (χ1) is 9.99. The lowest BCUT2D eigenvalue weighted by Gasteiger charge is -2.19. The molecule has 0 spiro atoms. The van der Waals surface area contributed by atoms with Crippen molar-refractivity contribution in [3.63, 3.8) is 0 Å². The van der Waals surface area contributed by atoms with Crippen LogP contribution < -0.4 is 4.74 Å². The van der Waals surface area contributed by atoms with Crippen molar-refractivity contribution < 1.29 is 9.84 Å². The van der Waals surface area contributed by atoms with E-state index in [1.165, 1.54) is 11.1 Å². The molecule has 0 saturated heterocycles. The fraction of sp³-hybridized carbons (Fsp3) is 0.368. The molecule has 0 saturated carbocycles. The number of aryl methyl sites for hydroxylation is 1. The Labute approximate surface area is 127 Å². The first kappa shape index (κ1) is 15.6. The molecule has 0 atom stereocenters. The topological polar surface area (TPSA) is 29.5 Å². The molecule has 1 N–H and O–H groups in total. The fourth-order valence-corrected chi connectivity index (χ4v) is 2.21. The van der Waals surface area contributed by atoms with E-state index in [0.717, 1.165) is 24.3 Å². The third-order valence-electron chi connectivity index (χ3n) is 3.48. The molecule has 21 heavy (non-hydrogen) atoms. The van der Waals surface area contributed by atoms with Crippen LogP contribution in [0.2, 0.25) is 0 Å². The molecule has 0 radical (unpaired) electrons. The van der Waals surface area contributed by atoms with Gasteiger partial charge in [-0.15, -0.1) is 0 Å². The number of aliphatic hydroxyl groups is 1. The average molecular weight is 284 g/mol. The molecular weight excluding hydrogens is 260 g/mol. The van der Waals surface area contributed by atoms with Crippen LogP contribution in [0.1, 0.15) is 38.3 Å². The molecule has 0 aliphatic heterocycles.